The minimum absolute atomic E-state index is 0.517. The highest BCUT2D eigenvalue weighted by atomic mass is 35.5. The van der Waals surface area contributed by atoms with Crippen molar-refractivity contribution in [2.75, 3.05) is 13.6 Å². The maximum Gasteiger partial charge on any atom is 0.152 e. The Hall–Kier alpha value is -1.10. The Morgan fingerprint density at radius 3 is 2.83 bits per heavy atom. The van der Waals surface area contributed by atoms with Crippen molar-refractivity contribution in [3.63, 3.8) is 0 Å². The fourth-order valence-corrected chi connectivity index (χ4v) is 2.37. The molecule has 5 heteroatoms. The monoisotopic (exact) mass is 267 g/mol. The van der Waals surface area contributed by atoms with E-state index in [0.29, 0.717) is 18.2 Å². The third kappa shape index (κ3) is 3.02. The fourth-order valence-electron chi connectivity index (χ4n) is 2.13. The predicted octanol–water partition coefficient (Wildman–Crippen LogP) is 2.19. The summed E-state index contributed by atoms with van der Waals surface area (Å²) < 4.78 is 1.98. The highest BCUT2D eigenvalue weighted by Gasteiger charge is 2.18. The number of fused-ring (bicyclic) bond motifs is 1. The van der Waals surface area contributed by atoms with Gasteiger partial charge in [0.05, 0.1) is 11.3 Å². The average molecular weight is 268 g/mol. The van der Waals surface area contributed by atoms with Crippen LogP contribution in [0.1, 0.15) is 19.5 Å². The molecule has 0 aromatic carbocycles. The summed E-state index contributed by atoms with van der Waals surface area (Å²) in [4.78, 5) is 6.33. The van der Waals surface area contributed by atoms with E-state index in [0.717, 1.165) is 11.3 Å². The van der Waals surface area contributed by atoms with Crippen LogP contribution in [0.4, 0.5) is 0 Å². The van der Waals surface area contributed by atoms with Gasteiger partial charge in [0.25, 0.3) is 0 Å². The molecule has 2 rings (SSSR count). The quantitative estimate of drug-likeness (QED) is 0.923. The first-order valence-corrected chi connectivity index (χ1v) is 6.27. The summed E-state index contributed by atoms with van der Waals surface area (Å²) >= 11 is 6.16. The van der Waals surface area contributed by atoms with E-state index in [1.807, 2.05) is 40.7 Å². The van der Waals surface area contributed by atoms with Gasteiger partial charge in [0.1, 0.15) is 5.65 Å². The second kappa shape index (κ2) is 4.88. The number of nitrogens with zero attached hydrogens (tertiary/aromatic N) is 3. The van der Waals surface area contributed by atoms with Crippen LogP contribution in [0.15, 0.2) is 24.4 Å². The molecule has 0 unspecified atom stereocenters. The van der Waals surface area contributed by atoms with Crippen LogP contribution in [-0.4, -0.2) is 38.6 Å². The summed E-state index contributed by atoms with van der Waals surface area (Å²) in [6, 6.07) is 5.80. The standard InChI is InChI=1S/C13H18ClN3O/c1-13(2,18)9-16(3)8-10-12(14)15-11-6-4-5-7-17(10)11/h4-7,18H,8-9H2,1-3H3. The van der Waals surface area contributed by atoms with Crippen molar-refractivity contribution in [2.24, 2.45) is 0 Å². The fraction of sp³-hybridized carbons (Fsp3) is 0.462. The van der Waals surface area contributed by atoms with Crippen molar-refractivity contribution in [3.05, 3.63) is 35.2 Å². The van der Waals surface area contributed by atoms with Gasteiger partial charge in [0.15, 0.2) is 5.15 Å². The van der Waals surface area contributed by atoms with E-state index in [9.17, 15) is 5.11 Å². The van der Waals surface area contributed by atoms with Crippen LogP contribution >= 0.6 is 11.6 Å². The molecule has 0 amide bonds. The summed E-state index contributed by atoms with van der Waals surface area (Å²) in [5, 5.41) is 10.3. The number of aromatic nitrogens is 2. The molecule has 98 valence electrons. The maximum absolute atomic E-state index is 9.80. The van der Waals surface area contributed by atoms with Crippen LogP contribution in [0, 0.1) is 0 Å². The van der Waals surface area contributed by atoms with Crippen LogP contribution in [0.5, 0.6) is 0 Å². The van der Waals surface area contributed by atoms with Crippen molar-refractivity contribution in [1.29, 1.82) is 0 Å². The summed E-state index contributed by atoms with van der Waals surface area (Å²) in [5.74, 6) is 0. The SMILES string of the molecule is CN(Cc1c(Cl)nc2ccccn12)CC(C)(C)O. The van der Waals surface area contributed by atoms with Gasteiger partial charge in [-0.3, -0.25) is 4.90 Å². The lowest BCUT2D eigenvalue weighted by Gasteiger charge is -2.25. The molecule has 4 nitrogen and oxygen atoms in total. The third-order valence-electron chi connectivity index (χ3n) is 2.66. The van der Waals surface area contributed by atoms with Crippen molar-refractivity contribution in [1.82, 2.24) is 14.3 Å². The van der Waals surface area contributed by atoms with Crippen LogP contribution in [-0.2, 0) is 6.54 Å². The van der Waals surface area contributed by atoms with E-state index in [-0.39, 0.29) is 0 Å². The molecule has 0 radical (unpaired) electrons. The molecule has 0 spiro atoms. The Morgan fingerprint density at radius 1 is 1.44 bits per heavy atom. The predicted molar refractivity (Wildman–Crippen MR) is 72.8 cm³/mol. The van der Waals surface area contributed by atoms with Crippen LogP contribution < -0.4 is 0 Å². The number of imidazole rings is 1. The number of aliphatic hydroxyl groups is 1. The van der Waals surface area contributed by atoms with Gasteiger partial charge in [-0.25, -0.2) is 4.98 Å². The topological polar surface area (TPSA) is 40.8 Å². The minimum atomic E-state index is -0.721. The van der Waals surface area contributed by atoms with Gasteiger partial charge in [-0.1, -0.05) is 17.7 Å². The number of hydrogen-bond acceptors (Lipinski definition) is 3. The first-order valence-electron chi connectivity index (χ1n) is 5.89. The number of rotatable bonds is 4. The summed E-state index contributed by atoms with van der Waals surface area (Å²) in [7, 11) is 1.95. The number of likely N-dealkylation sites (N-methyl/N-ethyl adjacent to an activating group) is 1. The molecule has 0 atom stereocenters. The Labute approximate surface area is 112 Å². The molecule has 0 saturated carbocycles. The lowest BCUT2D eigenvalue weighted by molar-refractivity contribution is 0.0421. The van der Waals surface area contributed by atoms with Gasteiger partial charge < -0.3 is 9.51 Å². The van der Waals surface area contributed by atoms with Crippen molar-refractivity contribution in [3.8, 4) is 0 Å². The third-order valence-corrected chi connectivity index (χ3v) is 2.96. The Bertz CT molecular complexity index is 545. The molecule has 0 fully saturated rings. The minimum Gasteiger partial charge on any atom is -0.389 e. The average Bonchev–Trinajstić information content (AvgIpc) is 2.53. The first-order chi connectivity index (χ1) is 8.37. The van der Waals surface area contributed by atoms with E-state index in [1.54, 1.807) is 13.8 Å². The van der Waals surface area contributed by atoms with Gasteiger partial charge in [0, 0.05) is 19.3 Å². The zero-order valence-electron chi connectivity index (χ0n) is 10.9. The van der Waals surface area contributed by atoms with E-state index < -0.39 is 5.60 Å². The van der Waals surface area contributed by atoms with Gasteiger partial charge >= 0.3 is 0 Å². The van der Waals surface area contributed by atoms with Crippen molar-refractivity contribution in [2.45, 2.75) is 26.0 Å². The molecule has 2 aromatic heterocycles. The lowest BCUT2D eigenvalue weighted by Crippen LogP contribution is -2.36. The second-order valence-corrected chi connectivity index (χ2v) is 5.62. The number of halogens is 1. The zero-order valence-corrected chi connectivity index (χ0v) is 11.6. The molecule has 2 aromatic rings. The molecular formula is C13H18ClN3O. The largest absolute Gasteiger partial charge is 0.389 e. The molecule has 0 aliphatic carbocycles. The van der Waals surface area contributed by atoms with E-state index >= 15 is 0 Å². The normalized spacial score (nSPS) is 12.6. The van der Waals surface area contributed by atoms with Gasteiger partial charge in [0.2, 0.25) is 0 Å². The molecule has 0 bridgehead atoms. The van der Waals surface area contributed by atoms with E-state index in [1.165, 1.54) is 0 Å². The smallest absolute Gasteiger partial charge is 0.152 e. The summed E-state index contributed by atoms with van der Waals surface area (Å²) in [6.45, 7) is 4.80. The maximum atomic E-state index is 9.80. The van der Waals surface area contributed by atoms with Crippen LogP contribution in [0.2, 0.25) is 5.15 Å². The van der Waals surface area contributed by atoms with E-state index in [2.05, 4.69) is 4.98 Å². The Balaban J connectivity index is 2.24. The van der Waals surface area contributed by atoms with Crippen LogP contribution in [0.3, 0.4) is 0 Å². The Morgan fingerprint density at radius 2 is 2.17 bits per heavy atom. The highest BCUT2D eigenvalue weighted by molar-refractivity contribution is 6.30. The highest BCUT2D eigenvalue weighted by Crippen LogP contribution is 2.19. The summed E-state index contributed by atoms with van der Waals surface area (Å²) in [5.41, 5.74) is 1.06. The van der Waals surface area contributed by atoms with Crippen molar-refractivity contribution >= 4 is 17.2 Å². The lowest BCUT2D eigenvalue weighted by atomic mass is 10.1. The van der Waals surface area contributed by atoms with Gasteiger partial charge in [-0.05, 0) is 33.0 Å². The number of pyridine rings is 1. The second-order valence-electron chi connectivity index (χ2n) is 5.26. The molecule has 0 aliphatic rings. The van der Waals surface area contributed by atoms with Crippen molar-refractivity contribution < 1.29 is 5.11 Å². The molecule has 0 saturated heterocycles. The van der Waals surface area contributed by atoms with Gasteiger partial charge in [-0.2, -0.15) is 0 Å². The summed E-state index contributed by atoms with van der Waals surface area (Å²) in [6.07, 6.45) is 1.95. The molecular weight excluding hydrogens is 250 g/mol. The van der Waals surface area contributed by atoms with E-state index in [4.69, 9.17) is 11.6 Å². The Kier molecular flexibility index (Phi) is 3.61. The van der Waals surface area contributed by atoms with Crippen LogP contribution in [0.25, 0.3) is 5.65 Å². The molecule has 18 heavy (non-hydrogen) atoms. The number of hydrogen-bond donors (Lipinski definition) is 1. The van der Waals surface area contributed by atoms with Gasteiger partial charge in [-0.15, -0.1) is 0 Å². The first kappa shape index (κ1) is 13.3. The molecule has 0 aliphatic heterocycles. The zero-order chi connectivity index (χ0) is 13.3. The molecule has 1 N–H and O–H groups in total. The molecule has 2 heterocycles.